The Morgan fingerprint density at radius 3 is 2.30 bits per heavy atom. The van der Waals surface area contributed by atoms with Crippen LogP contribution in [0.2, 0.25) is 0 Å². The quantitative estimate of drug-likeness (QED) is 0.499. The number of alkyl halides is 3. The second-order valence-electron chi connectivity index (χ2n) is 2.69. The van der Waals surface area contributed by atoms with Gasteiger partial charge in [-0.3, -0.25) is 0 Å². The number of hydrogen-bond acceptors (Lipinski definition) is 0. The van der Waals surface area contributed by atoms with Gasteiger partial charge in [0.25, 0.3) is 0 Å². The highest BCUT2D eigenvalue weighted by atomic mass is 19.4. The zero-order valence-corrected chi connectivity index (χ0v) is 5.62. The third-order valence-corrected chi connectivity index (χ3v) is 1.87. The molecule has 1 rings (SSSR count). The van der Waals surface area contributed by atoms with Crippen LogP contribution in [-0.2, 0) is 0 Å². The Morgan fingerprint density at radius 1 is 1.30 bits per heavy atom. The van der Waals surface area contributed by atoms with Crippen molar-refractivity contribution in [1.82, 2.24) is 0 Å². The normalized spacial score (nSPS) is 23.1. The van der Waals surface area contributed by atoms with Gasteiger partial charge in [-0.05, 0) is 19.3 Å². The van der Waals surface area contributed by atoms with Gasteiger partial charge in [0.1, 0.15) is 0 Å². The molecule has 1 saturated carbocycles. The molecular formula is C7H10F3. The Kier molecular flexibility index (Phi) is 2.21. The number of halogens is 3. The molecule has 1 aliphatic carbocycles. The maximum Gasteiger partial charge on any atom is 0.391 e. The van der Waals surface area contributed by atoms with Crippen LogP contribution in [0.1, 0.15) is 25.7 Å². The van der Waals surface area contributed by atoms with E-state index in [-0.39, 0.29) is 6.42 Å². The van der Waals surface area contributed by atoms with Gasteiger partial charge in [-0.25, -0.2) is 0 Å². The summed E-state index contributed by atoms with van der Waals surface area (Å²) in [5.41, 5.74) is 0. The molecule has 1 aliphatic rings. The van der Waals surface area contributed by atoms with Crippen LogP contribution in [0.15, 0.2) is 0 Å². The lowest BCUT2D eigenvalue weighted by Gasteiger charge is -2.23. The molecule has 0 aromatic heterocycles. The number of rotatable bonds is 0. The van der Waals surface area contributed by atoms with E-state index >= 15 is 0 Å². The van der Waals surface area contributed by atoms with Crippen LogP contribution in [0, 0.1) is 12.3 Å². The summed E-state index contributed by atoms with van der Waals surface area (Å²) in [6.07, 6.45) is -0.126. The summed E-state index contributed by atoms with van der Waals surface area (Å²) in [4.78, 5) is 0. The van der Waals surface area contributed by atoms with Crippen LogP contribution < -0.4 is 0 Å². The third-order valence-electron chi connectivity index (χ3n) is 1.87. The molecule has 0 saturated heterocycles. The van der Waals surface area contributed by atoms with Gasteiger partial charge < -0.3 is 0 Å². The lowest BCUT2D eigenvalue weighted by molar-refractivity contribution is -0.178. The second kappa shape index (κ2) is 2.81. The fourth-order valence-electron chi connectivity index (χ4n) is 1.24. The standard InChI is InChI=1S/C7H10F3/c8-7(9,10)6-4-2-1-3-5-6/h2,6H,1,3-5H2. The molecule has 0 aromatic rings. The van der Waals surface area contributed by atoms with Gasteiger partial charge in [0.2, 0.25) is 0 Å². The zero-order chi connectivity index (χ0) is 7.61. The Labute approximate surface area is 58.4 Å². The van der Waals surface area contributed by atoms with Gasteiger partial charge in [0, 0.05) is 0 Å². The van der Waals surface area contributed by atoms with E-state index in [0.717, 1.165) is 6.42 Å². The first-order valence-corrected chi connectivity index (χ1v) is 3.49. The lowest BCUT2D eigenvalue weighted by atomic mass is 9.89. The second-order valence-corrected chi connectivity index (χ2v) is 2.69. The molecule has 3 heteroatoms. The molecule has 59 valence electrons. The molecule has 0 aromatic carbocycles. The summed E-state index contributed by atoms with van der Waals surface area (Å²) in [6.45, 7) is 0. The van der Waals surface area contributed by atoms with Gasteiger partial charge in [0.15, 0.2) is 0 Å². The van der Waals surface area contributed by atoms with E-state index < -0.39 is 12.1 Å². The van der Waals surface area contributed by atoms with Crippen LogP contribution in [-0.4, -0.2) is 6.18 Å². The predicted octanol–water partition coefficient (Wildman–Crippen LogP) is 2.94. The average Bonchev–Trinajstić information content (AvgIpc) is 1.88. The van der Waals surface area contributed by atoms with Gasteiger partial charge in [0.05, 0.1) is 5.92 Å². The van der Waals surface area contributed by atoms with Gasteiger partial charge in [-0.2, -0.15) is 13.2 Å². The van der Waals surface area contributed by atoms with E-state index in [1.807, 2.05) is 0 Å². The smallest absolute Gasteiger partial charge is 0.171 e. The molecule has 0 heterocycles. The topological polar surface area (TPSA) is 0 Å². The number of hydrogen-bond donors (Lipinski definition) is 0. The summed E-state index contributed by atoms with van der Waals surface area (Å²) in [7, 11) is 0. The minimum atomic E-state index is -3.96. The minimum absolute atomic E-state index is 0.226. The Bertz CT molecular complexity index is 99.9. The molecule has 1 fully saturated rings. The van der Waals surface area contributed by atoms with Crippen molar-refractivity contribution in [2.75, 3.05) is 0 Å². The summed E-state index contributed by atoms with van der Waals surface area (Å²) in [6, 6.07) is 0. The lowest BCUT2D eigenvalue weighted by Crippen LogP contribution is -2.24. The Hall–Kier alpha value is -0.210. The summed E-state index contributed by atoms with van der Waals surface area (Å²) < 4.78 is 35.8. The molecule has 10 heavy (non-hydrogen) atoms. The largest absolute Gasteiger partial charge is 0.391 e. The van der Waals surface area contributed by atoms with Crippen LogP contribution in [0.3, 0.4) is 0 Å². The van der Waals surface area contributed by atoms with Gasteiger partial charge in [-0.1, -0.05) is 12.8 Å². The van der Waals surface area contributed by atoms with E-state index in [0.29, 0.717) is 12.8 Å². The summed E-state index contributed by atoms with van der Waals surface area (Å²) >= 11 is 0. The highest BCUT2D eigenvalue weighted by molar-refractivity contribution is 4.81. The predicted molar refractivity (Wildman–Crippen MR) is 32.3 cm³/mol. The first kappa shape index (κ1) is 7.89. The van der Waals surface area contributed by atoms with Gasteiger partial charge in [-0.15, -0.1) is 0 Å². The maximum atomic E-state index is 11.9. The van der Waals surface area contributed by atoms with Crippen LogP contribution in [0.5, 0.6) is 0 Å². The molecule has 0 spiro atoms. The van der Waals surface area contributed by atoms with Gasteiger partial charge >= 0.3 is 6.18 Å². The molecule has 0 amide bonds. The SMILES string of the molecule is FC(F)(F)C1C[CH]CCC1. The van der Waals surface area contributed by atoms with Crippen molar-refractivity contribution in [2.45, 2.75) is 31.9 Å². The van der Waals surface area contributed by atoms with Crippen LogP contribution in [0.4, 0.5) is 13.2 Å². The highest BCUT2D eigenvalue weighted by Crippen LogP contribution is 2.36. The summed E-state index contributed by atoms with van der Waals surface area (Å²) in [5, 5.41) is 0. The molecule has 0 bridgehead atoms. The van der Waals surface area contributed by atoms with Crippen molar-refractivity contribution >= 4 is 0 Å². The molecule has 1 unspecified atom stereocenters. The molecule has 0 nitrogen and oxygen atoms in total. The van der Waals surface area contributed by atoms with E-state index in [4.69, 9.17) is 0 Å². The van der Waals surface area contributed by atoms with Crippen molar-refractivity contribution in [3.05, 3.63) is 6.42 Å². The fourth-order valence-corrected chi connectivity index (χ4v) is 1.24. The Balaban J connectivity index is 2.39. The van der Waals surface area contributed by atoms with Crippen molar-refractivity contribution in [2.24, 2.45) is 5.92 Å². The van der Waals surface area contributed by atoms with E-state index in [1.54, 1.807) is 6.42 Å². The van der Waals surface area contributed by atoms with Crippen LogP contribution in [0.25, 0.3) is 0 Å². The fraction of sp³-hybridized carbons (Fsp3) is 0.857. The average molecular weight is 151 g/mol. The third kappa shape index (κ3) is 1.89. The first-order valence-electron chi connectivity index (χ1n) is 3.49. The van der Waals surface area contributed by atoms with Crippen molar-refractivity contribution in [3.63, 3.8) is 0 Å². The van der Waals surface area contributed by atoms with E-state index in [1.165, 1.54) is 0 Å². The summed E-state index contributed by atoms with van der Waals surface area (Å²) in [5.74, 6) is -1.05. The zero-order valence-electron chi connectivity index (χ0n) is 5.62. The molecular weight excluding hydrogens is 141 g/mol. The molecule has 0 aliphatic heterocycles. The first-order chi connectivity index (χ1) is 4.61. The minimum Gasteiger partial charge on any atom is -0.171 e. The van der Waals surface area contributed by atoms with E-state index in [9.17, 15) is 13.2 Å². The van der Waals surface area contributed by atoms with Crippen molar-refractivity contribution in [3.8, 4) is 0 Å². The monoisotopic (exact) mass is 151 g/mol. The molecule has 1 atom stereocenters. The molecule has 1 radical (unpaired) electrons. The highest BCUT2D eigenvalue weighted by Gasteiger charge is 2.39. The van der Waals surface area contributed by atoms with Crippen LogP contribution >= 0.6 is 0 Å². The van der Waals surface area contributed by atoms with Crippen molar-refractivity contribution < 1.29 is 13.2 Å². The molecule has 0 N–H and O–H groups in total. The van der Waals surface area contributed by atoms with Crippen molar-refractivity contribution in [1.29, 1.82) is 0 Å². The maximum absolute atomic E-state index is 11.9. The Morgan fingerprint density at radius 2 is 2.00 bits per heavy atom. The van der Waals surface area contributed by atoms with E-state index in [2.05, 4.69) is 0 Å².